The minimum Gasteiger partial charge on any atom is -0.353 e. The van der Waals surface area contributed by atoms with Crippen LogP contribution in [-0.2, 0) is 5.41 Å². The quantitative estimate of drug-likeness (QED) is 0.565. The van der Waals surface area contributed by atoms with Crippen LogP contribution in [0.2, 0.25) is 0 Å². The summed E-state index contributed by atoms with van der Waals surface area (Å²) >= 11 is 3.18. The molecule has 1 aliphatic rings. The van der Waals surface area contributed by atoms with Gasteiger partial charge in [-0.3, -0.25) is 10.1 Å². The van der Waals surface area contributed by atoms with Gasteiger partial charge in [0.05, 0.1) is 4.92 Å². The second-order valence-electron chi connectivity index (χ2n) is 5.47. The van der Waals surface area contributed by atoms with Gasteiger partial charge in [0.1, 0.15) is 5.41 Å². The third kappa shape index (κ3) is 2.34. The molecular weight excluding hydrogens is 381 g/mol. The monoisotopic (exact) mass is 390 g/mol. The van der Waals surface area contributed by atoms with E-state index in [4.69, 9.17) is 4.52 Å². The van der Waals surface area contributed by atoms with Crippen LogP contribution < -0.4 is 0 Å². The minimum atomic E-state index is -4.56. The standard InChI is InChI=1S/C14H10BrF3N2O3/c1-7-11(20(21)22)12(23-19-7)10-6-13(10,14(16,17)18)8-2-4-9(15)5-3-8/h2-5,10H,6H2,1H3/t10-,13-/m1/s1. The lowest BCUT2D eigenvalue weighted by atomic mass is 9.91. The first-order valence-corrected chi connectivity index (χ1v) is 7.41. The van der Waals surface area contributed by atoms with Crippen LogP contribution in [0.3, 0.4) is 0 Å². The molecule has 2 atom stereocenters. The maximum Gasteiger partial charge on any atom is 0.399 e. The van der Waals surface area contributed by atoms with Crippen molar-refractivity contribution < 1.29 is 22.6 Å². The molecule has 0 spiro atoms. The van der Waals surface area contributed by atoms with Crippen molar-refractivity contribution in [2.24, 2.45) is 0 Å². The van der Waals surface area contributed by atoms with Gasteiger partial charge in [0.2, 0.25) is 5.76 Å². The molecule has 0 unspecified atom stereocenters. The van der Waals surface area contributed by atoms with Crippen molar-refractivity contribution >= 4 is 21.6 Å². The smallest absolute Gasteiger partial charge is 0.353 e. The third-order valence-electron chi connectivity index (χ3n) is 4.18. The maximum absolute atomic E-state index is 13.7. The van der Waals surface area contributed by atoms with Crippen molar-refractivity contribution in [2.45, 2.75) is 30.9 Å². The highest BCUT2D eigenvalue weighted by atomic mass is 79.9. The Hall–Kier alpha value is -1.90. The molecule has 0 amide bonds. The first-order chi connectivity index (χ1) is 10.7. The molecular formula is C14H10BrF3N2O3. The fourth-order valence-electron chi connectivity index (χ4n) is 2.96. The molecule has 0 radical (unpaired) electrons. The lowest BCUT2D eigenvalue weighted by molar-refractivity contribution is -0.386. The number of hydrogen-bond donors (Lipinski definition) is 0. The molecule has 5 nitrogen and oxygen atoms in total. The molecule has 9 heteroatoms. The van der Waals surface area contributed by atoms with Gasteiger partial charge in [-0.25, -0.2) is 0 Å². The zero-order chi connectivity index (χ0) is 17.0. The van der Waals surface area contributed by atoms with E-state index in [1.807, 2.05) is 0 Å². The number of hydrogen-bond acceptors (Lipinski definition) is 4. The van der Waals surface area contributed by atoms with E-state index in [0.717, 1.165) is 0 Å². The summed E-state index contributed by atoms with van der Waals surface area (Å²) in [7, 11) is 0. The maximum atomic E-state index is 13.7. The second kappa shape index (κ2) is 5.05. The van der Waals surface area contributed by atoms with Crippen LogP contribution >= 0.6 is 15.9 Å². The normalized spacial score (nSPS) is 23.8. The topological polar surface area (TPSA) is 69.2 Å². The molecule has 1 fully saturated rings. The molecule has 2 aromatic rings. The van der Waals surface area contributed by atoms with E-state index in [9.17, 15) is 23.3 Å². The molecule has 0 saturated heterocycles. The average molecular weight is 391 g/mol. The van der Waals surface area contributed by atoms with E-state index in [1.54, 1.807) is 0 Å². The van der Waals surface area contributed by atoms with Crippen molar-refractivity contribution in [1.29, 1.82) is 0 Å². The number of nitrogens with zero attached hydrogens (tertiary/aromatic N) is 2. The summed E-state index contributed by atoms with van der Waals surface area (Å²) in [5, 5.41) is 14.6. The van der Waals surface area contributed by atoms with E-state index < -0.39 is 28.1 Å². The largest absolute Gasteiger partial charge is 0.399 e. The van der Waals surface area contributed by atoms with E-state index in [-0.39, 0.29) is 23.4 Å². The Kier molecular flexibility index (Phi) is 3.51. The molecule has 23 heavy (non-hydrogen) atoms. The van der Waals surface area contributed by atoms with Crippen molar-refractivity contribution in [1.82, 2.24) is 5.16 Å². The number of rotatable bonds is 3. The number of alkyl halides is 3. The highest BCUT2D eigenvalue weighted by molar-refractivity contribution is 9.10. The molecule has 1 aliphatic carbocycles. The lowest BCUT2D eigenvalue weighted by Gasteiger charge is -2.21. The van der Waals surface area contributed by atoms with E-state index >= 15 is 0 Å². The van der Waals surface area contributed by atoms with Crippen molar-refractivity contribution in [3.05, 3.63) is 55.9 Å². The van der Waals surface area contributed by atoms with Crippen LogP contribution in [0, 0.1) is 17.0 Å². The summed E-state index contributed by atoms with van der Waals surface area (Å²) in [5.41, 5.74) is -2.62. The van der Waals surface area contributed by atoms with Crippen LogP contribution in [0.5, 0.6) is 0 Å². The van der Waals surface area contributed by atoms with E-state index in [1.165, 1.54) is 31.2 Å². The summed E-state index contributed by atoms with van der Waals surface area (Å²) < 4.78 is 46.7. The van der Waals surface area contributed by atoms with Crippen molar-refractivity contribution in [3.63, 3.8) is 0 Å². The van der Waals surface area contributed by atoms with Crippen LogP contribution in [0.1, 0.15) is 29.4 Å². The van der Waals surface area contributed by atoms with Crippen LogP contribution in [0.4, 0.5) is 18.9 Å². The van der Waals surface area contributed by atoms with Gasteiger partial charge < -0.3 is 4.52 Å². The van der Waals surface area contributed by atoms with Crippen LogP contribution in [0.25, 0.3) is 0 Å². The van der Waals surface area contributed by atoms with E-state index in [0.29, 0.717) is 4.47 Å². The van der Waals surface area contributed by atoms with Crippen LogP contribution in [0.15, 0.2) is 33.3 Å². The SMILES string of the molecule is Cc1noc([C@H]2C[C@]2(c2ccc(Br)cc2)C(F)(F)F)c1[N+](=O)[O-]. The predicted octanol–water partition coefficient (Wildman–Crippen LogP) is 4.64. The second-order valence-corrected chi connectivity index (χ2v) is 6.39. The number of aromatic nitrogens is 1. The molecule has 1 aromatic heterocycles. The highest BCUT2D eigenvalue weighted by Gasteiger charge is 2.74. The predicted molar refractivity (Wildman–Crippen MR) is 77.1 cm³/mol. The van der Waals surface area contributed by atoms with Gasteiger partial charge in [-0.1, -0.05) is 33.2 Å². The Labute approximate surface area is 136 Å². The van der Waals surface area contributed by atoms with Crippen molar-refractivity contribution in [3.8, 4) is 0 Å². The molecule has 3 rings (SSSR count). The Balaban J connectivity index is 2.10. The van der Waals surface area contributed by atoms with Crippen molar-refractivity contribution in [2.75, 3.05) is 0 Å². The summed E-state index contributed by atoms with van der Waals surface area (Å²) in [6.07, 6.45) is -4.85. The summed E-state index contributed by atoms with van der Waals surface area (Å²) in [6.45, 7) is 1.34. The Morgan fingerprint density at radius 3 is 2.52 bits per heavy atom. The number of nitro groups is 1. The molecule has 0 bridgehead atoms. The molecule has 122 valence electrons. The zero-order valence-electron chi connectivity index (χ0n) is 11.7. The average Bonchev–Trinajstić information content (AvgIpc) is 3.10. The van der Waals surface area contributed by atoms with Gasteiger partial charge in [0.15, 0.2) is 5.69 Å². The Bertz CT molecular complexity index is 773. The van der Waals surface area contributed by atoms with Gasteiger partial charge in [-0.15, -0.1) is 0 Å². The summed E-state index contributed by atoms with van der Waals surface area (Å²) in [5.74, 6) is -1.46. The van der Waals surface area contributed by atoms with Gasteiger partial charge >= 0.3 is 11.9 Å². The van der Waals surface area contributed by atoms with Gasteiger partial charge in [0.25, 0.3) is 0 Å². The summed E-state index contributed by atoms with van der Waals surface area (Å²) in [6, 6.07) is 5.76. The number of aryl methyl sites for hydroxylation is 1. The first-order valence-electron chi connectivity index (χ1n) is 6.62. The zero-order valence-corrected chi connectivity index (χ0v) is 13.3. The molecule has 1 aromatic carbocycles. The molecule has 0 aliphatic heterocycles. The number of benzene rings is 1. The minimum absolute atomic E-state index is 0.0243. The van der Waals surface area contributed by atoms with E-state index in [2.05, 4.69) is 21.1 Å². The summed E-state index contributed by atoms with van der Waals surface area (Å²) in [4.78, 5) is 10.3. The molecule has 1 saturated carbocycles. The van der Waals surface area contributed by atoms with Crippen LogP contribution in [-0.4, -0.2) is 16.3 Å². The number of halogens is 4. The fraction of sp³-hybridized carbons (Fsp3) is 0.357. The fourth-order valence-corrected chi connectivity index (χ4v) is 3.22. The lowest BCUT2D eigenvalue weighted by Crippen LogP contribution is -2.30. The third-order valence-corrected chi connectivity index (χ3v) is 4.71. The Morgan fingerprint density at radius 1 is 1.39 bits per heavy atom. The van der Waals surface area contributed by atoms with Gasteiger partial charge in [0, 0.05) is 10.4 Å². The first kappa shape index (κ1) is 16.0. The molecule has 1 heterocycles. The van der Waals surface area contributed by atoms with Gasteiger partial charge in [-0.05, 0) is 31.0 Å². The van der Waals surface area contributed by atoms with Gasteiger partial charge in [-0.2, -0.15) is 13.2 Å². The molecule has 0 N–H and O–H groups in total. The Morgan fingerprint density at radius 2 is 2.00 bits per heavy atom. The highest BCUT2D eigenvalue weighted by Crippen LogP contribution is 2.69.